The molecule has 1 saturated carbocycles. The SMILES string of the molecule is C1CCC(C[NH+]2CCCC2C2NC(C3CCC(N4CCOCC4)[NH2+]C3)NO2)CC1. The molecule has 6 unspecified atom stereocenters. The van der Waals surface area contributed by atoms with Crippen molar-refractivity contribution in [2.75, 3.05) is 45.9 Å². The van der Waals surface area contributed by atoms with Crippen LogP contribution in [0.3, 0.4) is 0 Å². The van der Waals surface area contributed by atoms with Crippen molar-refractivity contribution in [2.45, 2.75) is 82.4 Å². The van der Waals surface area contributed by atoms with Gasteiger partial charge in [0.15, 0.2) is 6.23 Å². The molecule has 4 aliphatic heterocycles. The molecule has 5 N–H and O–H groups in total. The van der Waals surface area contributed by atoms with Gasteiger partial charge < -0.3 is 15.0 Å². The van der Waals surface area contributed by atoms with Gasteiger partial charge in [-0.2, -0.15) is 5.48 Å². The van der Waals surface area contributed by atoms with Crippen LogP contribution < -0.4 is 21.0 Å². The van der Waals surface area contributed by atoms with Gasteiger partial charge in [-0.15, -0.1) is 0 Å². The number of quaternary nitrogens is 2. The van der Waals surface area contributed by atoms with E-state index in [0.717, 1.165) is 32.2 Å². The van der Waals surface area contributed by atoms with Crippen molar-refractivity contribution < 1.29 is 19.8 Å². The fourth-order valence-corrected chi connectivity index (χ4v) is 6.64. The molecular formula is C22H43N5O2+2. The fourth-order valence-electron chi connectivity index (χ4n) is 6.64. The lowest BCUT2D eigenvalue weighted by Gasteiger charge is -2.37. The monoisotopic (exact) mass is 409 g/mol. The number of nitrogens with zero attached hydrogens (tertiary/aromatic N) is 1. The van der Waals surface area contributed by atoms with Crippen LogP contribution in [0.5, 0.6) is 0 Å². The highest BCUT2D eigenvalue weighted by Gasteiger charge is 2.44. The molecule has 7 heteroatoms. The molecule has 1 aliphatic carbocycles. The molecule has 0 aromatic carbocycles. The maximum atomic E-state index is 6.14. The van der Waals surface area contributed by atoms with Crippen molar-refractivity contribution >= 4 is 0 Å². The van der Waals surface area contributed by atoms with E-state index >= 15 is 0 Å². The largest absolute Gasteiger partial charge is 0.379 e. The number of hydrogen-bond acceptors (Lipinski definition) is 5. The number of nitrogens with one attached hydrogen (secondary N) is 3. The average Bonchev–Trinajstić information content (AvgIpc) is 3.45. The first-order valence-electron chi connectivity index (χ1n) is 12.5. The topological polar surface area (TPSA) is 66.8 Å². The lowest BCUT2D eigenvalue weighted by molar-refractivity contribution is -0.919. The van der Waals surface area contributed by atoms with Gasteiger partial charge in [0, 0.05) is 44.2 Å². The summed E-state index contributed by atoms with van der Waals surface area (Å²) in [6.45, 7) is 7.88. The van der Waals surface area contributed by atoms with Gasteiger partial charge in [-0.3, -0.25) is 10.2 Å². The average molecular weight is 410 g/mol. The van der Waals surface area contributed by atoms with Crippen LogP contribution in [0.2, 0.25) is 0 Å². The van der Waals surface area contributed by atoms with Crippen LogP contribution in [0.25, 0.3) is 0 Å². The van der Waals surface area contributed by atoms with Gasteiger partial charge in [0.1, 0.15) is 12.2 Å². The van der Waals surface area contributed by atoms with Gasteiger partial charge in [0.2, 0.25) is 0 Å². The Morgan fingerprint density at radius 2 is 1.83 bits per heavy atom. The van der Waals surface area contributed by atoms with E-state index in [1.807, 2.05) is 0 Å². The van der Waals surface area contributed by atoms with E-state index in [9.17, 15) is 0 Å². The smallest absolute Gasteiger partial charge is 0.183 e. The van der Waals surface area contributed by atoms with Crippen LogP contribution in [0, 0.1) is 11.8 Å². The van der Waals surface area contributed by atoms with Gasteiger partial charge in [0.05, 0.1) is 39.0 Å². The Hall–Kier alpha value is -0.280. The molecule has 0 bridgehead atoms. The zero-order chi connectivity index (χ0) is 19.5. The minimum absolute atomic E-state index is 0.193. The lowest BCUT2D eigenvalue weighted by atomic mass is 9.89. The zero-order valence-electron chi connectivity index (χ0n) is 18.1. The molecule has 5 aliphatic rings. The molecule has 29 heavy (non-hydrogen) atoms. The summed E-state index contributed by atoms with van der Waals surface area (Å²) in [6, 6.07) is 0.628. The van der Waals surface area contributed by atoms with E-state index in [2.05, 4.69) is 21.0 Å². The zero-order valence-corrected chi connectivity index (χ0v) is 18.1. The molecule has 0 amide bonds. The van der Waals surface area contributed by atoms with Crippen molar-refractivity contribution in [1.82, 2.24) is 15.7 Å². The van der Waals surface area contributed by atoms with Gasteiger partial charge in [0.25, 0.3) is 0 Å². The Morgan fingerprint density at radius 1 is 0.966 bits per heavy atom. The fraction of sp³-hybridized carbons (Fsp3) is 1.00. The highest BCUT2D eigenvalue weighted by molar-refractivity contribution is 4.84. The Morgan fingerprint density at radius 3 is 2.62 bits per heavy atom. The third kappa shape index (κ3) is 4.97. The van der Waals surface area contributed by atoms with Gasteiger partial charge in [-0.05, 0) is 19.3 Å². The van der Waals surface area contributed by atoms with Crippen LogP contribution in [0.4, 0.5) is 0 Å². The number of ether oxygens (including phenoxy) is 1. The summed E-state index contributed by atoms with van der Waals surface area (Å²) in [5, 5.41) is 6.42. The van der Waals surface area contributed by atoms with E-state index in [1.54, 1.807) is 4.90 Å². The summed E-state index contributed by atoms with van der Waals surface area (Å²) in [6.07, 6.45) is 13.7. The molecule has 5 fully saturated rings. The normalized spacial score (nSPS) is 43.0. The summed E-state index contributed by atoms with van der Waals surface area (Å²) in [7, 11) is 0. The number of hydroxylamine groups is 1. The Balaban J connectivity index is 1.09. The Bertz CT molecular complexity index is 503. The van der Waals surface area contributed by atoms with Crippen LogP contribution in [-0.4, -0.2) is 75.4 Å². The van der Waals surface area contributed by atoms with Crippen molar-refractivity contribution in [3.05, 3.63) is 0 Å². The first kappa shape index (κ1) is 20.6. The van der Waals surface area contributed by atoms with Crippen molar-refractivity contribution in [2.24, 2.45) is 11.8 Å². The summed E-state index contributed by atoms with van der Waals surface area (Å²) in [5.74, 6) is 1.61. The summed E-state index contributed by atoms with van der Waals surface area (Å²) >= 11 is 0. The van der Waals surface area contributed by atoms with Crippen LogP contribution in [-0.2, 0) is 9.57 Å². The predicted molar refractivity (Wildman–Crippen MR) is 111 cm³/mol. The van der Waals surface area contributed by atoms with Crippen molar-refractivity contribution in [3.8, 4) is 0 Å². The Kier molecular flexibility index (Phi) is 7.03. The number of hydrogen-bond donors (Lipinski definition) is 4. The molecule has 166 valence electrons. The quantitative estimate of drug-likeness (QED) is 0.470. The summed E-state index contributed by atoms with van der Waals surface area (Å²) < 4.78 is 5.52. The molecule has 4 saturated heterocycles. The summed E-state index contributed by atoms with van der Waals surface area (Å²) in [4.78, 5) is 10.6. The number of likely N-dealkylation sites (tertiary alicyclic amines) is 1. The van der Waals surface area contributed by atoms with E-state index in [1.165, 1.54) is 77.4 Å². The maximum Gasteiger partial charge on any atom is 0.183 e. The minimum atomic E-state index is 0.193. The summed E-state index contributed by atoms with van der Waals surface area (Å²) in [5.41, 5.74) is 3.39. The van der Waals surface area contributed by atoms with Crippen molar-refractivity contribution in [1.29, 1.82) is 0 Å². The first-order chi connectivity index (χ1) is 14.4. The predicted octanol–water partition coefficient (Wildman–Crippen LogP) is -0.978. The highest BCUT2D eigenvalue weighted by Crippen LogP contribution is 2.24. The van der Waals surface area contributed by atoms with E-state index in [-0.39, 0.29) is 6.23 Å². The van der Waals surface area contributed by atoms with Crippen LogP contribution in [0.15, 0.2) is 0 Å². The highest BCUT2D eigenvalue weighted by atomic mass is 16.7. The van der Waals surface area contributed by atoms with Crippen molar-refractivity contribution in [3.63, 3.8) is 0 Å². The maximum absolute atomic E-state index is 6.14. The minimum Gasteiger partial charge on any atom is -0.379 e. The molecule has 0 radical (unpaired) electrons. The first-order valence-corrected chi connectivity index (χ1v) is 12.5. The number of piperidine rings is 1. The second-order valence-corrected chi connectivity index (χ2v) is 10.2. The number of morpholine rings is 1. The van der Waals surface area contributed by atoms with E-state index in [4.69, 9.17) is 9.57 Å². The number of rotatable bonds is 5. The molecule has 7 nitrogen and oxygen atoms in total. The molecule has 5 rings (SSSR count). The molecular weight excluding hydrogens is 366 g/mol. The van der Waals surface area contributed by atoms with Gasteiger partial charge in [-0.25, -0.2) is 4.90 Å². The van der Waals surface area contributed by atoms with E-state index in [0.29, 0.717) is 24.3 Å². The third-order valence-electron chi connectivity index (χ3n) is 8.37. The molecule has 6 atom stereocenters. The molecule has 4 heterocycles. The third-order valence-corrected chi connectivity index (χ3v) is 8.37. The number of nitrogens with two attached hydrogens (primary N) is 1. The van der Waals surface area contributed by atoms with Crippen LogP contribution in [0.1, 0.15) is 57.8 Å². The Labute approximate surface area is 176 Å². The molecule has 0 aromatic rings. The van der Waals surface area contributed by atoms with Gasteiger partial charge in [-0.1, -0.05) is 19.3 Å². The standard InChI is InChI=1S/C22H41N5O2/c1-2-5-17(6-3-1)16-27-10-4-7-19(27)22-24-21(25-29-22)18-8-9-20(23-15-18)26-11-13-28-14-12-26/h17-25H,1-16H2/p+2. The molecule has 0 spiro atoms. The second kappa shape index (κ2) is 9.90. The van der Waals surface area contributed by atoms with Crippen LogP contribution >= 0.6 is 0 Å². The lowest BCUT2D eigenvalue weighted by Crippen LogP contribution is -3.15. The van der Waals surface area contributed by atoms with E-state index < -0.39 is 0 Å². The molecule has 0 aromatic heterocycles. The second-order valence-electron chi connectivity index (χ2n) is 10.2. The van der Waals surface area contributed by atoms with Gasteiger partial charge >= 0.3 is 0 Å².